The minimum Gasteiger partial charge on any atom is -0.455 e. The Morgan fingerprint density at radius 3 is 1.27 bits per heavy atom. The van der Waals surface area contributed by atoms with Gasteiger partial charge in [0.2, 0.25) is 0 Å². The van der Waals surface area contributed by atoms with Crippen LogP contribution in [0.5, 0.6) is 0 Å². The molecule has 15 aromatic carbocycles. The van der Waals surface area contributed by atoms with Crippen molar-refractivity contribution in [1.82, 2.24) is 0 Å². The van der Waals surface area contributed by atoms with Crippen LogP contribution in [0.2, 0.25) is 0 Å². The number of anilines is 6. The van der Waals surface area contributed by atoms with E-state index >= 15 is 0 Å². The summed E-state index contributed by atoms with van der Waals surface area (Å²) in [4.78, 5) is 4.94. The maximum Gasteiger partial charge on any atom is 0.143 e. The van der Waals surface area contributed by atoms with Gasteiger partial charge in [-0.25, -0.2) is 0 Å². The zero-order valence-electron chi connectivity index (χ0n) is 44.4. The molecule has 0 aliphatic carbocycles. The molecule has 17 aromatic rings. The van der Waals surface area contributed by atoms with Gasteiger partial charge in [0.25, 0.3) is 0 Å². The van der Waals surface area contributed by atoms with E-state index in [9.17, 15) is 0 Å². The summed E-state index contributed by atoms with van der Waals surface area (Å²) in [6.07, 6.45) is 0. The van der Waals surface area contributed by atoms with Gasteiger partial charge in [0.15, 0.2) is 0 Å². The lowest BCUT2D eigenvalue weighted by molar-refractivity contribution is 0.673. The van der Waals surface area contributed by atoms with Crippen molar-refractivity contribution in [2.75, 3.05) is 9.80 Å². The Kier molecular flexibility index (Phi) is 10.5. The highest BCUT2D eigenvalue weighted by Gasteiger charge is 2.24. The molecule has 0 unspecified atom stereocenters. The van der Waals surface area contributed by atoms with E-state index in [-0.39, 0.29) is 0 Å². The molecule has 0 amide bonds. The predicted octanol–water partition coefficient (Wildman–Crippen LogP) is 23.1. The molecule has 3 nitrogen and oxygen atoms in total. The van der Waals surface area contributed by atoms with Crippen molar-refractivity contribution in [3.05, 3.63) is 291 Å². The molecule has 2 aromatic heterocycles. The number of rotatable bonds is 8. The normalized spacial score (nSPS) is 11.9. The lowest BCUT2D eigenvalue weighted by Gasteiger charge is -2.31. The van der Waals surface area contributed by atoms with E-state index in [0.717, 1.165) is 78.3 Å². The Bertz CT molecular complexity index is 5290. The summed E-state index contributed by atoms with van der Waals surface area (Å²) in [5.74, 6) is 0. The van der Waals surface area contributed by atoms with Crippen LogP contribution in [0.4, 0.5) is 34.1 Å². The minimum absolute atomic E-state index is 0.899. The first-order chi connectivity index (χ1) is 40.6. The summed E-state index contributed by atoms with van der Waals surface area (Å²) < 4.78 is 9.33. The molecular weight excluding hydrogens is 1010 g/mol. The molecular formula is C78H48N2OS. The van der Waals surface area contributed by atoms with Gasteiger partial charge in [0, 0.05) is 69.9 Å². The molecule has 382 valence electrons. The molecule has 0 radical (unpaired) electrons. The second kappa shape index (κ2) is 18.5. The molecule has 0 aliphatic heterocycles. The highest BCUT2D eigenvalue weighted by atomic mass is 32.1. The van der Waals surface area contributed by atoms with Gasteiger partial charge in [-0.1, -0.05) is 212 Å². The zero-order chi connectivity index (χ0) is 53.8. The average molecular weight is 1060 g/mol. The highest BCUT2D eigenvalue weighted by Crippen LogP contribution is 2.49. The van der Waals surface area contributed by atoms with Crippen LogP contribution in [0.15, 0.2) is 296 Å². The Morgan fingerprint density at radius 2 is 0.683 bits per heavy atom. The van der Waals surface area contributed by atoms with Gasteiger partial charge in [0.1, 0.15) is 11.2 Å². The minimum atomic E-state index is 0.899. The van der Waals surface area contributed by atoms with E-state index in [1.807, 2.05) is 11.3 Å². The van der Waals surface area contributed by atoms with Gasteiger partial charge in [-0.2, -0.15) is 0 Å². The maximum atomic E-state index is 6.84. The fourth-order valence-electron chi connectivity index (χ4n) is 13.0. The number of hydrogen-bond donors (Lipinski definition) is 0. The van der Waals surface area contributed by atoms with Crippen molar-refractivity contribution in [2.24, 2.45) is 0 Å². The summed E-state index contributed by atoms with van der Waals surface area (Å²) >= 11 is 1.86. The molecule has 0 aliphatic rings. The van der Waals surface area contributed by atoms with Crippen molar-refractivity contribution in [1.29, 1.82) is 0 Å². The Labute approximate surface area is 477 Å². The van der Waals surface area contributed by atoms with Crippen LogP contribution >= 0.6 is 11.3 Å². The first kappa shape index (κ1) is 46.4. The third kappa shape index (κ3) is 7.50. The van der Waals surface area contributed by atoms with Crippen LogP contribution in [-0.2, 0) is 0 Å². The molecule has 2 heterocycles. The molecule has 0 atom stereocenters. The molecule has 4 heteroatoms. The summed E-state index contributed by atoms with van der Waals surface area (Å²) in [6.45, 7) is 0. The number of nitrogens with zero attached hydrogens (tertiary/aromatic N) is 2. The van der Waals surface area contributed by atoms with Gasteiger partial charge in [0.05, 0.1) is 11.4 Å². The van der Waals surface area contributed by atoms with Crippen LogP contribution in [0.25, 0.3) is 129 Å². The molecule has 0 saturated carbocycles. The summed E-state index contributed by atoms with van der Waals surface area (Å²) in [7, 11) is 0. The van der Waals surface area contributed by atoms with E-state index < -0.39 is 0 Å². The largest absolute Gasteiger partial charge is 0.455 e. The van der Waals surface area contributed by atoms with Crippen molar-refractivity contribution in [3.8, 4) is 22.3 Å². The van der Waals surface area contributed by atoms with Crippen molar-refractivity contribution in [3.63, 3.8) is 0 Å². The summed E-state index contributed by atoms with van der Waals surface area (Å²) in [5.41, 5.74) is 12.9. The Balaban J connectivity index is 0.861. The van der Waals surface area contributed by atoms with Crippen molar-refractivity contribution < 1.29 is 4.42 Å². The first-order valence-corrected chi connectivity index (χ1v) is 28.8. The van der Waals surface area contributed by atoms with Crippen LogP contribution in [0.1, 0.15) is 0 Å². The Morgan fingerprint density at radius 1 is 0.244 bits per heavy atom. The molecule has 0 N–H and O–H groups in total. The molecule has 0 saturated heterocycles. The number of furan rings is 1. The monoisotopic (exact) mass is 1060 g/mol. The highest BCUT2D eigenvalue weighted by molar-refractivity contribution is 7.25. The quantitative estimate of drug-likeness (QED) is 0.141. The van der Waals surface area contributed by atoms with E-state index in [4.69, 9.17) is 4.42 Å². The lowest BCUT2D eigenvalue weighted by Crippen LogP contribution is -2.14. The van der Waals surface area contributed by atoms with E-state index in [1.54, 1.807) is 0 Å². The van der Waals surface area contributed by atoms with Gasteiger partial charge >= 0.3 is 0 Å². The van der Waals surface area contributed by atoms with Crippen molar-refractivity contribution >= 4 is 152 Å². The number of fused-ring (bicyclic) bond motifs is 15. The molecule has 0 spiro atoms. The summed E-state index contributed by atoms with van der Waals surface area (Å²) in [5, 5.41) is 19.1. The fraction of sp³-hybridized carbons (Fsp3) is 0. The second-order valence-electron chi connectivity index (χ2n) is 21.6. The maximum absolute atomic E-state index is 6.84. The van der Waals surface area contributed by atoms with Crippen LogP contribution in [0, 0.1) is 0 Å². The lowest BCUT2D eigenvalue weighted by atomic mass is 9.96. The average Bonchev–Trinajstić information content (AvgIpc) is 3.08. The van der Waals surface area contributed by atoms with Crippen LogP contribution < -0.4 is 9.80 Å². The first-order valence-electron chi connectivity index (χ1n) is 28.0. The topological polar surface area (TPSA) is 19.6 Å². The zero-order valence-corrected chi connectivity index (χ0v) is 45.2. The van der Waals surface area contributed by atoms with Crippen molar-refractivity contribution in [2.45, 2.75) is 0 Å². The van der Waals surface area contributed by atoms with Gasteiger partial charge < -0.3 is 14.2 Å². The van der Waals surface area contributed by atoms with Crippen LogP contribution in [0.3, 0.4) is 0 Å². The third-order valence-electron chi connectivity index (χ3n) is 16.9. The third-order valence-corrected chi connectivity index (χ3v) is 18.0. The number of hydrogen-bond acceptors (Lipinski definition) is 4. The second-order valence-corrected chi connectivity index (χ2v) is 22.7. The standard InChI is InChI=1S/C78H48N2OS/c1-3-19-53-41-59(36-31-49(53)15-1)79(60-37-32-50-16-2-4-20-54(50)42-60)61-43-58(44-62(48-61)80(72-29-13-21-51-17-5-7-23-63(51)72)73-30-14-22-52-18-6-8-24-64(52)73)57-34-39-68-67-38-33-56(46-75(67)82-76(68)47-57)55-35-40-71-74(45-55)81-78-70-28-12-10-26-66(70)65-25-9-11-27-69(65)77(71)78/h1-48H. The molecule has 82 heavy (non-hydrogen) atoms. The fourth-order valence-corrected chi connectivity index (χ4v) is 14.2. The van der Waals surface area contributed by atoms with Gasteiger partial charge in [-0.05, 0) is 150 Å². The number of benzene rings is 15. The van der Waals surface area contributed by atoms with Gasteiger partial charge in [-0.3, -0.25) is 0 Å². The SMILES string of the molecule is c1ccc2cc(N(c3cc(-c4ccc5c(c4)sc4cc(-c6ccc7c(c6)oc6c8ccccc8c8ccccc8c76)ccc45)cc(N(c4cccc5ccccc45)c4cccc5ccccc45)c3)c3ccc4ccccc4c3)ccc2c1. The van der Waals surface area contributed by atoms with E-state index in [1.165, 1.54) is 84.8 Å². The van der Waals surface area contributed by atoms with Crippen LogP contribution in [-0.4, -0.2) is 0 Å². The molecule has 17 rings (SSSR count). The summed E-state index contributed by atoms with van der Waals surface area (Å²) in [6, 6.07) is 107. The molecule has 0 bridgehead atoms. The van der Waals surface area contributed by atoms with E-state index in [0.29, 0.717) is 0 Å². The number of thiophene rings is 1. The smallest absolute Gasteiger partial charge is 0.143 e. The predicted molar refractivity (Wildman–Crippen MR) is 352 cm³/mol. The molecule has 0 fully saturated rings. The van der Waals surface area contributed by atoms with E-state index in [2.05, 4.69) is 301 Å². The Hall–Kier alpha value is -10.5. The van der Waals surface area contributed by atoms with Gasteiger partial charge in [-0.15, -0.1) is 11.3 Å².